The van der Waals surface area contributed by atoms with Gasteiger partial charge in [-0.2, -0.15) is 0 Å². The Hall–Kier alpha value is -3.17. The number of anilines is 2. The van der Waals surface area contributed by atoms with E-state index < -0.39 is 0 Å². The quantitative estimate of drug-likeness (QED) is 0.446. The van der Waals surface area contributed by atoms with E-state index in [1.54, 1.807) is 23.5 Å². The maximum Gasteiger partial charge on any atom is 0.322 e. The van der Waals surface area contributed by atoms with Crippen LogP contribution in [0.15, 0.2) is 54.6 Å². The van der Waals surface area contributed by atoms with Gasteiger partial charge in [0.25, 0.3) is 0 Å². The van der Waals surface area contributed by atoms with Gasteiger partial charge in [0.15, 0.2) is 0 Å². The standard InChI is InChI=1S/C25H34N8O/c1-31(2)25(19-6-4-3-5-7-19)12-10-24(11-13-25)17-32(23(34)30-24)20-14-28-22(29-15-20)33(27)16-21(26)18-8-9-18/h3-7,14-16,18H,8-13,17,26-27H2,1-2H3,(H,30,34)/b21-16-. The third-order valence-corrected chi connectivity index (χ3v) is 7.78. The van der Waals surface area contributed by atoms with E-state index in [-0.39, 0.29) is 17.1 Å². The summed E-state index contributed by atoms with van der Waals surface area (Å²) in [5.41, 5.74) is 8.52. The molecule has 0 unspecified atom stereocenters. The van der Waals surface area contributed by atoms with Crippen LogP contribution >= 0.6 is 0 Å². The molecule has 5 N–H and O–H groups in total. The summed E-state index contributed by atoms with van der Waals surface area (Å²) in [7, 11) is 4.30. The topological polar surface area (TPSA) is 117 Å². The highest BCUT2D eigenvalue weighted by molar-refractivity contribution is 5.95. The number of benzene rings is 1. The van der Waals surface area contributed by atoms with Crippen LogP contribution in [0.25, 0.3) is 0 Å². The van der Waals surface area contributed by atoms with E-state index in [0.717, 1.165) is 44.2 Å². The number of carbonyl (C=O) groups is 1. The van der Waals surface area contributed by atoms with E-state index in [4.69, 9.17) is 11.6 Å². The Kier molecular flexibility index (Phi) is 5.69. The van der Waals surface area contributed by atoms with Crippen LogP contribution in [-0.4, -0.2) is 47.1 Å². The monoisotopic (exact) mass is 462 g/mol. The van der Waals surface area contributed by atoms with Crippen LogP contribution in [0, 0.1) is 5.92 Å². The third kappa shape index (κ3) is 4.10. The van der Waals surface area contributed by atoms with Crippen molar-refractivity contribution in [2.75, 3.05) is 30.5 Å². The van der Waals surface area contributed by atoms with E-state index >= 15 is 0 Å². The van der Waals surface area contributed by atoms with Crippen LogP contribution < -0.4 is 26.8 Å². The van der Waals surface area contributed by atoms with Gasteiger partial charge in [-0.3, -0.25) is 14.8 Å². The van der Waals surface area contributed by atoms with Crippen molar-refractivity contribution >= 4 is 17.7 Å². The number of hydrogen-bond donors (Lipinski definition) is 3. The molecule has 0 atom stereocenters. The van der Waals surface area contributed by atoms with Crippen molar-refractivity contribution in [3.8, 4) is 0 Å². The first-order valence-electron chi connectivity index (χ1n) is 12.0. The number of rotatable bonds is 6. The summed E-state index contributed by atoms with van der Waals surface area (Å²) in [6.07, 6.45) is 10.9. The summed E-state index contributed by atoms with van der Waals surface area (Å²) in [6, 6.07) is 10.6. The van der Waals surface area contributed by atoms with Gasteiger partial charge in [0.1, 0.15) is 0 Å². The lowest BCUT2D eigenvalue weighted by molar-refractivity contribution is 0.0658. The lowest BCUT2D eigenvalue weighted by Crippen LogP contribution is -2.54. The Balaban J connectivity index is 1.28. The fourth-order valence-electron chi connectivity index (χ4n) is 5.41. The molecule has 2 aromatic rings. The van der Waals surface area contributed by atoms with Crippen molar-refractivity contribution in [2.45, 2.75) is 49.6 Å². The molecule has 1 aliphatic heterocycles. The molecule has 2 heterocycles. The highest BCUT2D eigenvalue weighted by Gasteiger charge is 2.50. The van der Waals surface area contributed by atoms with Crippen molar-refractivity contribution in [1.29, 1.82) is 0 Å². The van der Waals surface area contributed by atoms with Crippen LogP contribution in [0.4, 0.5) is 16.4 Å². The summed E-state index contributed by atoms with van der Waals surface area (Å²) in [5.74, 6) is 6.82. The lowest BCUT2D eigenvalue weighted by atomic mass is 9.69. The van der Waals surface area contributed by atoms with E-state index in [9.17, 15) is 4.79 Å². The van der Waals surface area contributed by atoms with Gasteiger partial charge < -0.3 is 11.1 Å². The van der Waals surface area contributed by atoms with Crippen LogP contribution in [0.5, 0.6) is 0 Å². The molecule has 5 rings (SSSR count). The molecule has 0 bridgehead atoms. The maximum absolute atomic E-state index is 12.9. The van der Waals surface area contributed by atoms with Gasteiger partial charge in [-0.15, -0.1) is 0 Å². The van der Waals surface area contributed by atoms with Crippen molar-refractivity contribution in [3.05, 3.63) is 60.2 Å². The van der Waals surface area contributed by atoms with Gasteiger partial charge in [-0.1, -0.05) is 30.3 Å². The Labute approximate surface area is 200 Å². The van der Waals surface area contributed by atoms with Gasteiger partial charge in [-0.05, 0) is 58.2 Å². The minimum absolute atomic E-state index is 0.0180. The predicted octanol–water partition coefficient (Wildman–Crippen LogP) is 2.67. The molecular formula is C25H34N8O. The fourth-order valence-corrected chi connectivity index (χ4v) is 5.41. The molecule has 9 heteroatoms. The highest BCUT2D eigenvalue weighted by Crippen LogP contribution is 2.46. The molecule has 34 heavy (non-hydrogen) atoms. The zero-order valence-corrected chi connectivity index (χ0v) is 19.9. The van der Waals surface area contributed by atoms with Crippen molar-refractivity contribution < 1.29 is 4.79 Å². The highest BCUT2D eigenvalue weighted by atomic mass is 16.2. The van der Waals surface area contributed by atoms with E-state index in [1.807, 2.05) is 0 Å². The normalized spacial score (nSPS) is 27.4. The molecule has 1 saturated heterocycles. The van der Waals surface area contributed by atoms with E-state index in [2.05, 4.69) is 64.6 Å². The van der Waals surface area contributed by atoms with Crippen LogP contribution in [0.1, 0.15) is 44.1 Å². The molecule has 3 aliphatic rings. The van der Waals surface area contributed by atoms with E-state index in [0.29, 0.717) is 24.1 Å². The second kappa shape index (κ2) is 8.56. The number of amides is 2. The van der Waals surface area contributed by atoms with Gasteiger partial charge in [0, 0.05) is 23.4 Å². The first-order chi connectivity index (χ1) is 16.3. The zero-order chi connectivity index (χ0) is 23.9. The zero-order valence-electron chi connectivity index (χ0n) is 19.9. The Morgan fingerprint density at radius 2 is 1.76 bits per heavy atom. The fraction of sp³-hybridized carbons (Fsp3) is 0.480. The average Bonchev–Trinajstić information content (AvgIpc) is 3.65. The summed E-state index contributed by atoms with van der Waals surface area (Å²) in [6.45, 7) is 0.605. The molecule has 0 radical (unpaired) electrons. The van der Waals surface area contributed by atoms with Gasteiger partial charge >= 0.3 is 6.03 Å². The smallest absolute Gasteiger partial charge is 0.322 e. The van der Waals surface area contributed by atoms with Crippen molar-refractivity contribution in [2.24, 2.45) is 17.5 Å². The number of nitrogens with one attached hydrogen (secondary N) is 1. The van der Waals surface area contributed by atoms with Crippen LogP contribution in [-0.2, 0) is 5.54 Å². The third-order valence-electron chi connectivity index (χ3n) is 7.78. The van der Waals surface area contributed by atoms with Crippen molar-refractivity contribution in [3.63, 3.8) is 0 Å². The summed E-state index contributed by atoms with van der Waals surface area (Å²) in [5, 5.41) is 4.62. The number of hydrazine groups is 1. The Morgan fingerprint density at radius 1 is 1.12 bits per heavy atom. The molecule has 1 aromatic carbocycles. The van der Waals surface area contributed by atoms with Gasteiger partial charge in [0.05, 0.1) is 30.2 Å². The minimum atomic E-state index is -0.245. The number of urea groups is 1. The number of nitrogens with two attached hydrogens (primary N) is 2. The minimum Gasteiger partial charge on any atom is -0.401 e. The van der Waals surface area contributed by atoms with Crippen LogP contribution in [0.2, 0.25) is 0 Å². The number of carbonyl (C=O) groups excluding carboxylic acids is 1. The molecule has 1 aromatic heterocycles. The number of hydrogen-bond acceptors (Lipinski definition) is 7. The number of nitrogens with zero attached hydrogens (tertiary/aromatic N) is 5. The molecular weight excluding hydrogens is 428 g/mol. The van der Waals surface area contributed by atoms with Crippen molar-refractivity contribution in [1.82, 2.24) is 20.2 Å². The van der Waals surface area contributed by atoms with Crippen LogP contribution in [0.3, 0.4) is 0 Å². The Bertz CT molecular complexity index is 1060. The molecule has 3 fully saturated rings. The molecule has 180 valence electrons. The summed E-state index contributed by atoms with van der Waals surface area (Å²) < 4.78 is 0. The largest absolute Gasteiger partial charge is 0.401 e. The van der Waals surface area contributed by atoms with E-state index in [1.165, 1.54) is 10.6 Å². The molecule has 2 aliphatic carbocycles. The average molecular weight is 463 g/mol. The first-order valence-corrected chi connectivity index (χ1v) is 12.0. The SMILES string of the molecule is CN(C)C1(c2ccccc2)CCC2(CC1)CN(c1cnc(N(N)/C=C(\N)C3CC3)nc1)C(=O)N2. The molecule has 2 saturated carbocycles. The van der Waals surface area contributed by atoms with Gasteiger partial charge in [0.2, 0.25) is 5.95 Å². The summed E-state index contributed by atoms with van der Waals surface area (Å²) in [4.78, 5) is 25.8. The molecule has 9 nitrogen and oxygen atoms in total. The lowest BCUT2D eigenvalue weighted by Gasteiger charge is -2.48. The second-order valence-electron chi connectivity index (χ2n) is 10.1. The van der Waals surface area contributed by atoms with Gasteiger partial charge in [-0.25, -0.2) is 20.6 Å². The number of allylic oxidation sites excluding steroid dienone is 1. The Morgan fingerprint density at radius 3 is 2.35 bits per heavy atom. The molecule has 1 spiro atoms. The first kappa shape index (κ1) is 22.6. The summed E-state index contributed by atoms with van der Waals surface area (Å²) >= 11 is 0. The predicted molar refractivity (Wildman–Crippen MR) is 133 cm³/mol. The maximum atomic E-state index is 12.9. The molecule has 2 amide bonds. The number of aromatic nitrogens is 2. The second-order valence-corrected chi connectivity index (χ2v) is 10.1.